The Hall–Kier alpha value is -2.33. The summed E-state index contributed by atoms with van der Waals surface area (Å²) in [6.07, 6.45) is 4.91. The van der Waals surface area contributed by atoms with Gasteiger partial charge >= 0.3 is 0 Å². The number of carbonyl (C=O) groups excluding carboxylic acids is 1. The molecule has 4 rings (SSSR count). The zero-order valence-electron chi connectivity index (χ0n) is 16.0. The Kier molecular flexibility index (Phi) is 5.44. The van der Waals surface area contributed by atoms with Gasteiger partial charge in [-0.3, -0.25) is 4.79 Å². The van der Waals surface area contributed by atoms with Crippen LogP contribution in [0.5, 0.6) is 0 Å². The summed E-state index contributed by atoms with van der Waals surface area (Å²) in [6.45, 7) is 5.40. The summed E-state index contributed by atoms with van der Waals surface area (Å²) in [5.74, 6) is -0.0197. The highest BCUT2D eigenvalue weighted by molar-refractivity contribution is 5.94. The monoisotopic (exact) mass is 364 g/mol. The fraction of sp³-hybridized carbons (Fsp3) is 0.435. The largest absolute Gasteiger partial charge is 0.378 e. The third-order valence-corrected chi connectivity index (χ3v) is 5.73. The van der Waals surface area contributed by atoms with Gasteiger partial charge in [0.1, 0.15) is 0 Å². The molecule has 4 heteroatoms. The van der Waals surface area contributed by atoms with Crippen molar-refractivity contribution in [1.82, 2.24) is 5.32 Å². The molecule has 2 aliphatic rings. The Balaban J connectivity index is 1.40. The molecule has 4 nitrogen and oxygen atoms in total. The molecule has 142 valence electrons. The summed E-state index contributed by atoms with van der Waals surface area (Å²) >= 11 is 0. The first-order valence-corrected chi connectivity index (χ1v) is 10.1. The molecule has 0 radical (unpaired) electrons. The van der Waals surface area contributed by atoms with Crippen molar-refractivity contribution in [2.24, 2.45) is 0 Å². The lowest BCUT2D eigenvalue weighted by Gasteiger charge is -2.28. The summed E-state index contributed by atoms with van der Waals surface area (Å²) in [7, 11) is 0. The SMILES string of the molecule is C[C@@H](NC(=O)c1ccc(N2CCOCC2)cc1)c1ccc2c(c1)CCCC2. The second-order valence-electron chi connectivity index (χ2n) is 7.58. The maximum Gasteiger partial charge on any atom is 0.251 e. The van der Waals surface area contributed by atoms with Gasteiger partial charge in [-0.2, -0.15) is 0 Å². The molecular weight excluding hydrogens is 336 g/mol. The summed E-state index contributed by atoms with van der Waals surface area (Å²) < 4.78 is 5.40. The van der Waals surface area contributed by atoms with Gasteiger partial charge in [0.05, 0.1) is 19.3 Å². The third-order valence-electron chi connectivity index (χ3n) is 5.73. The van der Waals surface area contributed by atoms with Gasteiger partial charge in [0.25, 0.3) is 5.91 Å². The van der Waals surface area contributed by atoms with Crippen molar-refractivity contribution in [1.29, 1.82) is 0 Å². The fourth-order valence-electron chi connectivity index (χ4n) is 4.03. The Bertz CT molecular complexity index is 795. The molecule has 0 spiro atoms. The van der Waals surface area contributed by atoms with Crippen molar-refractivity contribution >= 4 is 11.6 Å². The maximum atomic E-state index is 12.7. The predicted octanol–water partition coefficient (Wildman–Crippen LogP) is 3.89. The molecule has 1 aliphatic carbocycles. The van der Waals surface area contributed by atoms with Crippen molar-refractivity contribution in [2.45, 2.75) is 38.6 Å². The van der Waals surface area contributed by atoms with Gasteiger partial charge in [-0.25, -0.2) is 0 Å². The number of morpholine rings is 1. The normalized spacial score (nSPS) is 17.9. The van der Waals surface area contributed by atoms with E-state index in [0.29, 0.717) is 5.56 Å². The van der Waals surface area contributed by atoms with Gasteiger partial charge in [0.2, 0.25) is 0 Å². The molecule has 1 N–H and O–H groups in total. The molecule has 0 unspecified atom stereocenters. The highest BCUT2D eigenvalue weighted by atomic mass is 16.5. The van der Waals surface area contributed by atoms with E-state index in [4.69, 9.17) is 4.74 Å². The molecule has 1 amide bonds. The molecule has 1 atom stereocenters. The highest BCUT2D eigenvalue weighted by Gasteiger charge is 2.16. The minimum absolute atomic E-state index is 0.00338. The number of hydrogen-bond acceptors (Lipinski definition) is 3. The minimum atomic E-state index is -0.0197. The third kappa shape index (κ3) is 4.16. The molecule has 1 heterocycles. The minimum Gasteiger partial charge on any atom is -0.378 e. The van der Waals surface area contributed by atoms with Gasteiger partial charge in [0.15, 0.2) is 0 Å². The summed E-state index contributed by atoms with van der Waals surface area (Å²) in [5, 5.41) is 3.15. The van der Waals surface area contributed by atoms with E-state index in [1.807, 2.05) is 24.3 Å². The molecule has 2 aromatic carbocycles. The Labute approximate surface area is 161 Å². The zero-order chi connectivity index (χ0) is 18.6. The quantitative estimate of drug-likeness (QED) is 0.895. The smallest absolute Gasteiger partial charge is 0.251 e. The molecule has 0 aromatic heterocycles. The summed E-state index contributed by atoms with van der Waals surface area (Å²) in [6, 6.07) is 14.6. The number of aryl methyl sites for hydroxylation is 2. The summed E-state index contributed by atoms with van der Waals surface area (Å²) in [4.78, 5) is 15.0. The molecule has 0 saturated carbocycles. The predicted molar refractivity (Wildman–Crippen MR) is 108 cm³/mol. The van der Waals surface area contributed by atoms with Crippen LogP contribution in [-0.4, -0.2) is 32.2 Å². The van der Waals surface area contributed by atoms with Gasteiger partial charge in [0, 0.05) is 24.3 Å². The topological polar surface area (TPSA) is 41.6 Å². The van der Waals surface area contributed by atoms with E-state index in [-0.39, 0.29) is 11.9 Å². The van der Waals surface area contributed by atoms with Crippen molar-refractivity contribution in [2.75, 3.05) is 31.2 Å². The average molecular weight is 364 g/mol. The van der Waals surface area contributed by atoms with Crippen LogP contribution in [0.15, 0.2) is 42.5 Å². The second-order valence-corrected chi connectivity index (χ2v) is 7.58. The average Bonchev–Trinajstić information content (AvgIpc) is 2.74. The molecule has 27 heavy (non-hydrogen) atoms. The Morgan fingerprint density at radius 1 is 1.00 bits per heavy atom. The van der Waals surface area contributed by atoms with E-state index in [0.717, 1.165) is 38.4 Å². The number of hydrogen-bond donors (Lipinski definition) is 1. The van der Waals surface area contributed by atoms with Crippen LogP contribution in [-0.2, 0) is 17.6 Å². The first-order chi connectivity index (χ1) is 13.2. The first kappa shape index (κ1) is 18.1. The lowest BCUT2D eigenvalue weighted by molar-refractivity contribution is 0.0940. The van der Waals surface area contributed by atoms with Crippen LogP contribution in [0.1, 0.15) is 52.9 Å². The number of nitrogens with zero attached hydrogens (tertiary/aromatic N) is 1. The van der Waals surface area contributed by atoms with E-state index in [1.165, 1.54) is 36.0 Å². The molecule has 2 aromatic rings. The van der Waals surface area contributed by atoms with Crippen LogP contribution in [0.4, 0.5) is 5.69 Å². The van der Waals surface area contributed by atoms with Crippen molar-refractivity contribution in [3.05, 3.63) is 64.7 Å². The maximum absolute atomic E-state index is 12.7. The number of carbonyl (C=O) groups is 1. The molecule has 1 aliphatic heterocycles. The number of amides is 1. The first-order valence-electron chi connectivity index (χ1n) is 10.1. The number of fused-ring (bicyclic) bond motifs is 1. The van der Waals surface area contributed by atoms with Crippen molar-refractivity contribution < 1.29 is 9.53 Å². The van der Waals surface area contributed by atoms with E-state index in [9.17, 15) is 4.79 Å². The number of nitrogens with one attached hydrogen (secondary N) is 1. The second kappa shape index (κ2) is 8.13. The van der Waals surface area contributed by atoms with Crippen LogP contribution < -0.4 is 10.2 Å². The van der Waals surface area contributed by atoms with Gasteiger partial charge < -0.3 is 15.0 Å². The molecule has 1 fully saturated rings. The van der Waals surface area contributed by atoms with Gasteiger partial charge in [-0.1, -0.05) is 18.2 Å². The van der Waals surface area contributed by atoms with Gasteiger partial charge in [-0.15, -0.1) is 0 Å². The molecule has 0 bridgehead atoms. The van der Waals surface area contributed by atoms with Crippen LogP contribution >= 0.6 is 0 Å². The standard InChI is InChI=1S/C23H28N2O2/c1-17(20-7-6-18-4-2-3-5-21(18)16-20)24-23(26)19-8-10-22(11-9-19)25-12-14-27-15-13-25/h6-11,16-17H,2-5,12-15H2,1H3,(H,24,26)/t17-/m1/s1. The van der Waals surface area contributed by atoms with Crippen LogP contribution in [0.25, 0.3) is 0 Å². The Morgan fingerprint density at radius 3 is 2.44 bits per heavy atom. The molecule has 1 saturated heterocycles. The Morgan fingerprint density at radius 2 is 1.70 bits per heavy atom. The number of anilines is 1. The number of benzene rings is 2. The molecular formula is C23H28N2O2. The van der Waals surface area contributed by atoms with Crippen LogP contribution in [0.3, 0.4) is 0 Å². The van der Waals surface area contributed by atoms with Crippen molar-refractivity contribution in [3.8, 4) is 0 Å². The fourth-order valence-corrected chi connectivity index (χ4v) is 4.03. The summed E-state index contributed by atoms with van der Waals surface area (Å²) in [5.41, 5.74) is 5.97. The zero-order valence-corrected chi connectivity index (χ0v) is 16.0. The van der Waals surface area contributed by atoms with Crippen LogP contribution in [0.2, 0.25) is 0 Å². The highest BCUT2D eigenvalue weighted by Crippen LogP contribution is 2.25. The lowest BCUT2D eigenvalue weighted by atomic mass is 9.89. The lowest BCUT2D eigenvalue weighted by Crippen LogP contribution is -2.36. The van der Waals surface area contributed by atoms with E-state index >= 15 is 0 Å². The van der Waals surface area contributed by atoms with Crippen molar-refractivity contribution in [3.63, 3.8) is 0 Å². The van der Waals surface area contributed by atoms with E-state index in [2.05, 4.69) is 35.3 Å². The number of ether oxygens (including phenoxy) is 1. The number of rotatable bonds is 4. The van der Waals surface area contributed by atoms with E-state index in [1.54, 1.807) is 0 Å². The van der Waals surface area contributed by atoms with Gasteiger partial charge in [-0.05, 0) is 73.6 Å². The van der Waals surface area contributed by atoms with E-state index < -0.39 is 0 Å². The van der Waals surface area contributed by atoms with Crippen LogP contribution in [0, 0.1) is 0 Å².